The zero-order valence-corrected chi connectivity index (χ0v) is 35.3. The van der Waals surface area contributed by atoms with Gasteiger partial charge in [0.2, 0.25) is 0 Å². The lowest BCUT2D eigenvalue weighted by Crippen LogP contribution is -2.70. The molecule has 60 heavy (non-hydrogen) atoms. The van der Waals surface area contributed by atoms with Crippen LogP contribution in [-0.2, 0) is 10.8 Å². The smallest absolute Gasteiger partial charge is 0.182 e. The molecule has 0 amide bonds. The van der Waals surface area contributed by atoms with Crippen LogP contribution in [0.3, 0.4) is 0 Å². The van der Waals surface area contributed by atoms with E-state index in [-0.39, 0.29) is 5.41 Å². The third-order valence-electron chi connectivity index (χ3n) is 14.8. The number of fused-ring (bicyclic) bond motifs is 20. The summed E-state index contributed by atoms with van der Waals surface area (Å²) >= 11 is 0. The van der Waals surface area contributed by atoms with Crippen LogP contribution in [0.1, 0.15) is 58.4 Å². The second-order valence-electron chi connectivity index (χ2n) is 18.1. The number of hydrogen-bond acceptors (Lipinski definition) is 1. The van der Waals surface area contributed by atoms with Crippen molar-refractivity contribution in [2.24, 2.45) is 0 Å². The van der Waals surface area contributed by atoms with Crippen LogP contribution in [0.4, 0.5) is 17.1 Å². The van der Waals surface area contributed by atoms with Crippen LogP contribution in [0.5, 0.6) is 0 Å². The first kappa shape index (κ1) is 34.2. The molecule has 0 atom stereocenters. The van der Waals surface area contributed by atoms with Crippen LogP contribution < -0.4 is 25.6 Å². The van der Waals surface area contributed by atoms with Crippen LogP contribution in [0.15, 0.2) is 188 Å². The van der Waals surface area contributed by atoms with Crippen LogP contribution in [0, 0.1) is 13.8 Å². The molecule has 0 bridgehead atoms. The molecule has 2 heteroatoms. The van der Waals surface area contributed by atoms with E-state index in [0.717, 1.165) is 0 Å². The normalized spacial score (nSPS) is 16.0. The van der Waals surface area contributed by atoms with Gasteiger partial charge in [0.1, 0.15) is 0 Å². The summed E-state index contributed by atoms with van der Waals surface area (Å²) < 4.78 is 0. The largest absolute Gasteiger partial charge is 0.310 e. The molecule has 2 spiro atoms. The van der Waals surface area contributed by atoms with Gasteiger partial charge in [-0.3, -0.25) is 0 Å². The highest BCUT2D eigenvalue weighted by atomic mass is 28.3. The summed E-state index contributed by atoms with van der Waals surface area (Å²) in [7, 11) is -2.70. The van der Waals surface area contributed by atoms with Gasteiger partial charge in [0.15, 0.2) is 8.07 Å². The minimum atomic E-state index is -2.70. The number of rotatable bonds is 1. The predicted molar refractivity (Wildman–Crippen MR) is 254 cm³/mol. The number of para-hydroxylation sites is 2. The van der Waals surface area contributed by atoms with Crippen molar-refractivity contribution in [2.75, 3.05) is 4.90 Å². The number of hydrogen-bond donors (Lipinski definition) is 0. The molecule has 284 valence electrons. The fraction of sp³-hybridized carbons (Fsp3) is 0.103. The lowest BCUT2D eigenvalue weighted by molar-refractivity contribution is 0.561. The maximum absolute atomic E-state index is 2.70. The van der Waals surface area contributed by atoms with Crippen LogP contribution >= 0.6 is 0 Å². The zero-order chi connectivity index (χ0) is 40.1. The van der Waals surface area contributed by atoms with Crippen LogP contribution in [0.25, 0.3) is 33.0 Å². The first-order valence-corrected chi connectivity index (χ1v) is 23.4. The van der Waals surface area contributed by atoms with E-state index in [4.69, 9.17) is 0 Å². The Morgan fingerprint density at radius 1 is 0.400 bits per heavy atom. The Balaban J connectivity index is 1.12. The highest BCUT2D eigenvalue weighted by molar-refractivity contribution is 7.24. The van der Waals surface area contributed by atoms with Gasteiger partial charge in [-0.1, -0.05) is 189 Å². The molecular formula is C58H43NSi. The van der Waals surface area contributed by atoms with Gasteiger partial charge >= 0.3 is 0 Å². The second kappa shape index (κ2) is 11.7. The summed E-state index contributed by atoms with van der Waals surface area (Å²) in [6, 6.07) is 72.9. The van der Waals surface area contributed by atoms with E-state index >= 15 is 0 Å². The van der Waals surface area contributed by atoms with Crippen molar-refractivity contribution in [3.05, 3.63) is 233 Å². The molecule has 0 saturated heterocycles. The van der Waals surface area contributed by atoms with Crippen LogP contribution in [-0.4, -0.2) is 8.07 Å². The Kier molecular flexibility index (Phi) is 6.67. The van der Waals surface area contributed by atoms with E-state index in [2.05, 4.69) is 221 Å². The molecule has 3 heterocycles. The minimum Gasteiger partial charge on any atom is -0.310 e. The van der Waals surface area contributed by atoms with Gasteiger partial charge in [-0.25, -0.2) is 0 Å². The van der Waals surface area contributed by atoms with Crippen molar-refractivity contribution in [2.45, 2.75) is 38.5 Å². The number of aryl methyl sites for hydroxylation is 2. The quantitative estimate of drug-likeness (QED) is 0.150. The molecule has 9 aromatic carbocycles. The topological polar surface area (TPSA) is 3.24 Å². The third kappa shape index (κ3) is 3.98. The Labute approximate surface area is 353 Å². The Morgan fingerprint density at radius 2 is 0.917 bits per heavy atom. The SMILES string of the molecule is Cc1ccc2c(c1)[Si]1(c3ccccc3-c3ccc(N4c5ccccc5C5(c6ccccc64)c4ccccc4C(C)(C)c4c5ccc5ccccc45)cc31)c1cc(C)ccc1-2. The van der Waals surface area contributed by atoms with Gasteiger partial charge < -0.3 is 4.90 Å². The van der Waals surface area contributed by atoms with E-state index < -0.39 is 13.5 Å². The van der Waals surface area contributed by atoms with Crippen molar-refractivity contribution in [3.8, 4) is 22.3 Å². The molecular weight excluding hydrogens is 739 g/mol. The highest BCUT2D eigenvalue weighted by Gasteiger charge is 2.56. The molecule has 0 radical (unpaired) electrons. The van der Waals surface area contributed by atoms with E-state index in [9.17, 15) is 0 Å². The molecule has 0 N–H and O–H groups in total. The molecule has 0 saturated carbocycles. The summed E-state index contributed by atoms with van der Waals surface area (Å²) in [6.07, 6.45) is 0. The molecule has 13 rings (SSSR count). The van der Waals surface area contributed by atoms with Gasteiger partial charge in [-0.05, 0) is 125 Å². The first-order valence-electron chi connectivity index (χ1n) is 21.4. The fourth-order valence-corrected chi connectivity index (χ4v) is 18.4. The first-order chi connectivity index (χ1) is 29.3. The second-order valence-corrected chi connectivity index (χ2v) is 21.8. The summed E-state index contributed by atoms with van der Waals surface area (Å²) in [5.41, 5.74) is 19.3. The van der Waals surface area contributed by atoms with Gasteiger partial charge in [0, 0.05) is 11.1 Å². The molecule has 9 aromatic rings. The molecule has 0 aromatic heterocycles. The molecule has 4 aliphatic rings. The Hall–Kier alpha value is -6.74. The zero-order valence-electron chi connectivity index (χ0n) is 34.3. The van der Waals surface area contributed by atoms with E-state index in [0.29, 0.717) is 0 Å². The van der Waals surface area contributed by atoms with Gasteiger partial charge in [-0.15, -0.1) is 0 Å². The number of anilines is 3. The fourth-order valence-electron chi connectivity index (χ4n) is 12.5. The van der Waals surface area contributed by atoms with E-state index in [1.165, 1.54) is 115 Å². The highest BCUT2D eigenvalue weighted by Crippen LogP contribution is 2.63. The van der Waals surface area contributed by atoms with E-state index in [1.807, 2.05) is 0 Å². The average Bonchev–Trinajstić information content (AvgIpc) is 3.73. The minimum absolute atomic E-state index is 0.211. The molecule has 1 nitrogen and oxygen atoms in total. The number of benzene rings is 9. The van der Waals surface area contributed by atoms with Gasteiger partial charge in [-0.2, -0.15) is 0 Å². The van der Waals surface area contributed by atoms with Crippen molar-refractivity contribution >= 4 is 56.7 Å². The van der Waals surface area contributed by atoms with Crippen molar-refractivity contribution in [1.29, 1.82) is 0 Å². The Morgan fingerprint density at radius 3 is 1.60 bits per heavy atom. The predicted octanol–water partition coefficient (Wildman–Crippen LogP) is 11.6. The summed E-state index contributed by atoms with van der Waals surface area (Å²) in [5, 5.41) is 8.68. The van der Waals surface area contributed by atoms with Crippen molar-refractivity contribution < 1.29 is 0 Å². The van der Waals surface area contributed by atoms with Crippen molar-refractivity contribution in [1.82, 2.24) is 0 Å². The summed E-state index contributed by atoms with van der Waals surface area (Å²) in [6.45, 7) is 9.39. The maximum Gasteiger partial charge on any atom is 0.182 e. The number of nitrogens with zero attached hydrogens (tertiary/aromatic N) is 1. The van der Waals surface area contributed by atoms with E-state index in [1.54, 1.807) is 0 Å². The maximum atomic E-state index is 2.61. The lowest BCUT2D eigenvalue weighted by atomic mass is 9.52. The average molecular weight is 782 g/mol. The standard InChI is InChI=1S/C58H43NSi/c1-36-25-29-42-43-30-26-37(2)34-54(43)60(53(42)33-36)52-24-14-7-17-41(52)44-31-28-39(35-55(44)60)59-50-22-12-10-20-47(50)58(48-21-11-13-23-51(48)59)46-19-9-8-18-45(46)57(3,4)56-40-16-6-5-15-38(40)27-32-49(56)58/h5-35H,1-4H3. The lowest BCUT2D eigenvalue weighted by Gasteiger charge is -2.52. The molecule has 0 fully saturated rings. The van der Waals surface area contributed by atoms with Gasteiger partial charge in [0.05, 0.1) is 16.8 Å². The summed E-state index contributed by atoms with van der Waals surface area (Å²) in [5.74, 6) is 0. The van der Waals surface area contributed by atoms with Crippen molar-refractivity contribution in [3.63, 3.8) is 0 Å². The Bertz CT molecular complexity index is 3250. The summed E-state index contributed by atoms with van der Waals surface area (Å²) in [4.78, 5) is 2.59. The monoisotopic (exact) mass is 781 g/mol. The molecule has 3 aliphatic heterocycles. The van der Waals surface area contributed by atoms with Crippen LogP contribution in [0.2, 0.25) is 0 Å². The van der Waals surface area contributed by atoms with Gasteiger partial charge in [0.25, 0.3) is 0 Å². The molecule has 1 aliphatic carbocycles. The third-order valence-corrected chi connectivity index (χ3v) is 19.7. The molecule has 0 unspecified atom stereocenters.